The van der Waals surface area contributed by atoms with Crippen LogP contribution in [0.1, 0.15) is 58.8 Å². The van der Waals surface area contributed by atoms with Crippen LogP contribution >= 0.6 is 0 Å². The molecule has 0 aromatic heterocycles. The first-order valence-corrected chi connectivity index (χ1v) is 7.05. The van der Waals surface area contributed by atoms with Gasteiger partial charge < -0.3 is 10.0 Å². The molecule has 0 heterocycles. The molecule has 100 valence electrons. The third-order valence-corrected chi connectivity index (χ3v) is 3.58. The van der Waals surface area contributed by atoms with E-state index in [0.717, 1.165) is 13.0 Å². The molecule has 1 fully saturated rings. The lowest BCUT2D eigenvalue weighted by atomic mass is 10.1. The molecule has 0 saturated heterocycles. The molecule has 0 atom stereocenters. The molecule has 1 saturated carbocycles. The largest absolute Gasteiger partial charge is 0.396 e. The van der Waals surface area contributed by atoms with Crippen molar-refractivity contribution in [3.63, 3.8) is 0 Å². The number of carbonyl (C=O) groups is 1. The third kappa shape index (κ3) is 5.07. The Morgan fingerprint density at radius 1 is 1.35 bits per heavy atom. The van der Waals surface area contributed by atoms with Gasteiger partial charge in [-0.05, 0) is 31.6 Å². The van der Waals surface area contributed by atoms with E-state index in [1.807, 2.05) is 0 Å². The molecule has 3 nitrogen and oxygen atoms in total. The van der Waals surface area contributed by atoms with E-state index < -0.39 is 0 Å². The predicted molar refractivity (Wildman–Crippen MR) is 69.7 cm³/mol. The maximum absolute atomic E-state index is 12.1. The molecule has 17 heavy (non-hydrogen) atoms. The summed E-state index contributed by atoms with van der Waals surface area (Å²) in [5.74, 6) is 0.885. The summed E-state index contributed by atoms with van der Waals surface area (Å²) < 4.78 is 0. The van der Waals surface area contributed by atoms with Gasteiger partial charge in [0, 0.05) is 25.6 Å². The van der Waals surface area contributed by atoms with Crippen molar-refractivity contribution >= 4 is 5.91 Å². The fourth-order valence-corrected chi connectivity index (χ4v) is 2.50. The van der Waals surface area contributed by atoms with E-state index in [0.29, 0.717) is 24.8 Å². The van der Waals surface area contributed by atoms with Crippen molar-refractivity contribution in [1.29, 1.82) is 0 Å². The molecule has 0 bridgehead atoms. The van der Waals surface area contributed by atoms with Crippen LogP contribution in [0.15, 0.2) is 0 Å². The van der Waals surface area contributed by atoms with Crippen molar-refractivity contribution in [1.82, 2.24) is 4.90 Å². The second kappa shape index (κ2) is 7.70. The van der Waals surface area contributed by atoms with E-state index in [1.165, 1.54) is 25.7 Å². The Labute approximate surface area is 105 Å². The number of hydrogen-bond donors (Lipinski definition) is 1. The molecule has 0 aliphatic heterocycles. The zero-order valence-corrected chi connectivity index (χ0v) is 11.3. The van der Waals surface area contributed by atoms with E-state index in [1.54, 1.807) is 0 Å². The third-order valence-electron chi connectivity index (χ3n) is 3.58. The molecule has 0 aromatic carbocycles. The van der Waals surface area contributed by atoms with E-state index >= 15 is 0 Å². The lowest BCUT2D eigenvalue weighted by molar-refractivity contribution is -0.133. The first-order valence-electron chi connectivity index (χ1n) is 7.05. The summed E-state index contributed by atoms with van der Waals surface area (Å²) in [6.45, 7) is 5.41. The van der Waals surface area contributed by atoms with Crippen molar-refractivity contribution < 1.29 is 9.90 Å². The standard InChI is InChI=1S/C14H27NO2/c1-12(2)9-10-15(13-6-3-4-7-13)14(17)8-5-11-16/h12-13,16H,3-11H2,1-2H3. The zero-order chi connectivity index (χ0) is 12.7. The second-order valence-corrected chi connectivity index (χ2v) is 5.54. The summed E-state index contributed by atoms with van der Waals surface area (Å²) in [7, 11) is 0. The molecule has 0 unspecified atom stereocenters. The molecule has 1 rings (SSSR count). The molecule has 1 amide bonds. The van der Waals surface area contributed by atoms with Crippen LogP contribution in [0.3, 0.4) is 0 Å². The van der Waals surface area contributed by atoms with Crippen LogP contribution in [0.2, 0.25) is 0 Å². The van der Waals surface area contributed by atoms with Gasteiger partial charge in [-0.2, -0.15) is 0 Å². The minimum absolute atomic E-state index is 0.119. The van der Waals surface area contributed by atoms with Crippen LogP contribution in [0.25, 0.3) is 0 Å². The Morgan fingerprint density at radius 3 is 2.53 bits per heavy atom. The quantitative estimate of drug-likeness (QED) is 0.744. The lowest BCUT2D eigenvalue weighted by Gasteiger charge is -2.30. The summed E-state index contributed by atoms with van der Waals surface area (Å²) in [6.07, 6.45) is 7.05. The van der Waals surface area contributed by atoms with Gasteiger partial charge in [0.25, 0.3) is 0 Å². The van der Waals surface area contributed by atoms with Crippen LogP contribution in [0.5, 0.6) is 0 Å². The smallest absolute Gasteiger partial charge is 0.222 e. The highest BCUT2D eigenvalue weighted by molar-refractivity contribution is 5.76. The summed E-state index contributed by atoms with van der Waals surface area (Å²) in [5.41, 5.74) is 0. The Hall–Kier alpha value is -0.570. The molecule has 1 aliphatic carbocycles. The van der Waals surface area contributed by atoms with Gasteiger partial charge in [0.2, 0.25) is 5.91 Å². The van der Waals surface area contributed by atoms with Crippen LogP contribution in [-0.4, -0.2) is 35.1 Å². The van der Waals surface area contributed by atoms with Gasteiger partial charge in [-0.15, -0.1) is 0 Å². The highest BCUT2D eigenvalue weighted by Crippen LogP contribution is 2.25. The Morgan fingerprint density at radius 2 is 2.00 bits per heavy atom. The molecule has 0 aromatic rings. The minimum atomic E-state index is 0.119. The second-order valence-electron chi connectivity index (χ2n) is 5.54. The van der Waals surface area contributed by atoms with Crippen molar-refractivity contribution in [3.8, 4) is 0 Å². The highest BCUT2D eigenvalue weighted by Gasteiger charge is 2.25. The van der Waals surface area contributed by atoms with Crippen LogP contribution in [-0.2, 0) is 4.79 Å². The summed E-state index contributed by atoms with van der Waals surface area (Å²) >= 11 is 0. The number of carbonyl (C=O) groups excluding carboxylic acids is 1. The Balaban J connectivity index is 2.47. The van der Waals surface area contributed by atoms with Gasteiger partial charge in [-0.1, -0.05) is 26.7 Å². The Kier molecular flexibility index (Phi) is 6.56. The number of rotatable bonds is 7. The summed E-state index contributed by atoms with van der Waals surface area (Å²) in [4.78, 5) is 14.2. The average Bonchev–Trinajstić information content (AvgIpc) is 2.79. The van der Waals surface area contributed by atoms with Gasteiger partial charge in [0.15, 0.2) is 0 Å². The first kappa shape index (κ1) is 14.5. The van der Waals surface area contributed by atoms with Gasteiger partial charge in [0.05, 0.1) is 0 Å². The fraction of sp³-hybridized carbons (Fsp3) is 0.929. The van der Waals surface area contributed by atoms with Crippen molar-refractivity contribution in [2.45, 2.75) is 64.8 Å². The van der Waals surface area contributed by atoms with Gasteiger partial charge in [0.1, 0.15) is 0 Å². The SMILES string of the molecule is CC(C)CCN(C(=O)CCCO)C1CCCC1. The normalized spacial score (nSPS) is 16.7. The number of aliphatic hydroxyl groups excluding tert-OH is 1. The van der Waals surface area contributed by atoms with Crippen molar-refractivity contribution in [2.75, 3.05) is 13.2 Å². The number of aliphatic hydroxyl groups is 1. The Bertz CT molecular complexity index is 222. The molecule has 1 N–H and O–H groups in total. The van der Waals surface area contributed by atoms with Crippen LogP contribution in [0, 0.1) is 5.92 Å². The first-order chi connectivity index (χ1) is 8.15. The highest BCUT2D eigenvalue weighted by atomic mass is 16.3. The van der Waals surface area contributed by atoms with Crippen molar-refractivity contribution in [3.05, 3.63) is 0 Å². The van der Waals surface area contributed by atoms with E-state index in [4.69, 9.17) is 5.11 Å². The molecule has 0 radical (unpaired) electrons. The fourth-order valence-electron chi connectivity index (χ4n) is 2.50. The number of amides is 1. The van der Waals surface area contributed by atoms with E-state index in [2.05, 4.69) is 18.7 Å². The number of nitrogens with zero attached hydrogens (tertiary/aromatic N) is 1. The monoisotopic (exact) mass is 241 g/mol. The molecular weight excluding hydrogens is 214 g/mol. The minimum Gasteiger partial charge on any atom is -0.396 e. The van der Waals surface area contributed by atoms with Crippen LogP contribution in [0.4, 0.5) is 0 Å². The molecular formula is C14H27NO2. The van der Waals surface area contributed by atoms with Gasteiger partial charge in [-0.25, -0.2) is 0 Å². The number of hydrogen-bond acceptors (Lipinski definition) is 2. The van der Waals surface area contributed by atoms with E-state index in [9.17, 15) is 4.79 Å². The maximum atomic E-state index is 12.1. The molecule has 1 aliphatic rings. The summed E-state index contributed by atoms with van der Waals surface area (Å²) in [5, 5.41) is 8.81. The molecule has 0 spiro atoms. The van der Waals surface area contributed by atoms with Gasteiger partial charge >= 0.3 is 0 Å². The zero-order valence-electron chi connectivity index (χ0n) is 11.3. The maximum Gasteiger partial charge on any atom is 0.222 e. The van der Waals surface area contributed by atoms with Crippen LogP contribution < -0.4 is 0 Å². The van der Waals surface area contributed by atoms with E-state index in [-0.39, 0.29) is 12.5 Å². The molecule has 3 heteroatoms. The summed E-state index contributed by atoms with van der Waals surface area (Å²) in [6, 6.07) is 0.472. The predicted octanol–water partition coefficient (Wildman–Crippen LogP) is 2.58. The van der Waals surface area contributed by atoms with Gasteiger partial charge in [-0.3, -0.25) is 4.79 Å². The average molecular weight is 241 g/mol. The topological polar surface area (TPSA) is 40.5 Å². The van der Waals surface area contributed by atoms with Crippen molar-refractivity contribution in [2.24, 2.45) is 5.92 Å². The lowest BCUT2D eigenvalue weighted by Crippen LogP contribution is -2.39.